The lowest BCUT2D eigenvalue weighted by Gasteiger charge is -2.34. The number of ether oxygens (including phenoxy) is 1. The molecule has 3 heterocycles. The van der Waals surface area contributed by atoms with E-state index in [9.17, 15) is 9.59 Å². The van der Waals surface area contributed by atoms with Crippen LogP contribution in [-0.4, -0.2) is 51.7 Å². The van der Waals surface area contributed by atoms with Gasteiger partial charge >= 0.3 is 6.09 Å². The molecule has 2 amide bonds. The molecular weight excluding hydrogens is 466 g/mol. The first-order valence-corrected chi connectivity index (χ1v) is 10.7. The Balaban J connectivity index is 1.64. The van der Waals surface area contributed by atoms with Gasteiger partial charge in [-0.1, -0.05) is 0 Å². The Morgan fingerprint density at radius 2 is 1.97 bits per heavy atom. The van der Waals surface area contributed by atoms with Crippen molar-refractivity contribution < 1.29 is 14.3 Å². The Bertz CT molecular complexity index is 956. The summed E-state index contributed by atoms with van der Waals surface area (Å²) in [5.74, 6) is -0.0489. The van der Waals surface area contributed by atoms with Gasteiger partial charge in [-0.25, -0.2) is 19.7 Å². The fourth-order valence-corrected chi connectivity index (χ4v) is 3.48. The molecule has 166 valence electrons. The maximum absolute atomic E-state index is 12.7. The van der Waals surface area contributed by atoms with Gasteiger partial charge in [-0.15, -0.1) is 0 Å². The summed E-state index contributed by atoms with van der Waals surface area (Å²) in [4.78, 5) is 39.2. The molecule has 2 aromatic heterocycles. The fourth-order valence-electron chi connectivity index (χ4n) is 3.20. The normalized spacial score (nSPS) is 14.8. The van der Waals surface area contributed by atoms with Crippen LogP contribution in [-0.2, 0) is 4.74 Å². The molecule has 0 radical (unpaired) electrons. The van der Waals surface area contributed by atoms with Crippen LogP contribution in [0.5, 0.6) is 0 Å². The number of amides is 2. The lowest BCUT2D eigenvalue weighted by atomic mass is 10.0. The number of piperidine rings is 1. The summed E-state index contributed by atoms with van der Waals surface area (Å²) in [7, 11) is 0. The van der Waals surface area contributed by atoms with E-state index >= 15 is 0 Å². The average molecular weight is 492 g/mol. The van der Waals surface area contributed by atoms with Crippen molar-refractivity contribution in [2.75, 3.05) is 29.0 Å². The first kappa shape index (κ1) is 22.7. The average Bonchev–Trinajstić information content (AvgIpc) is 2.69. The van der Waals surface area contributed by atoms with Crippen LogP contribution in [0.1, 0.15) is 44.1 Å². The van der Waals surface area contributed by atoms with E-state index in [0.717, 1.165) is 18.5 Å². The topological polar surface area (TPSA) is 135 Å². The molecule has 1 aliphatic rings. The number of alkyl carbamates (subject to hydrolysis) is 1. The summed E-state index contributed by atoms with van der Waals surface area (Å²) < 4.78 is 5.74. The molecule has 31 heavy (non-hydrogen) atoms. The molecule has 10 nitrogen and oxygen atoms in total. The molecule has 4 N–H and O–H groups in total. The first-order valence-electron chi connectivity index (χ1n) is 9.91. The van der Waals surface area contributed by atoms with E-state index in [1.807, 2.05) is 32.9 Å². The van der Waals surface area contributed by atoms with E-state index in [2.05, 4.69) is 46.4 Å². The SMILES string of the molecule is CC(C)(C)OC(=O)NC1CCN(c2cccnc2NC(=O)c2nc(Br)cnc2N)CC1. The molecular formula is C20H26BrN7O3. The van der Waals surface area contributed by atoms with Crippen LogP contribution in [0.25, 0.3) is 0 Å². The van der Waals surface area contributed by atoms with Gasteiger partial charge in [-0.3, -0.25) is 4.79 Å². The smallest absolute Gasteiger partial charge is 0.407 e. The Morgan fingerprint density at radius 1 is 1.26 bits per heavy atom. The van der Waals surface area contributed by atoms with Crippen LogP contribution in [0.3, 0.4) is 0 Å². The van der Waals surface area contributed by atoms with Crippen LogP contribution in [0.15, 0.2) is 29.1 Å². The van der Waals surface area contributed by atoms with Crippen LogP contribution in [0.4, 0.5) is 22.1 Å². The third-order valence-electron chi connectivity index (χ3n) is 4.56. The number of anilines is 3. The van der Waals surface area contributed by atoms with Gasteiger partial charge in [0.1, 0.15) is 10.2 Å². The second-order valence-corrected chi connectivity index (χ2v) is 8.97. The number of halogens is 1. The van der Waals surface area contributed by atoms with Gasteiger partial charge in [0, 0.05) is 25.3 Å². The van der Waals surface area contributed by atoms with Crippen molar-refractivity contribution in [3.63, 3.8) is 0 Å². The minimum absolute atomic E-state index is 0.0197. The highest BCUT2D eigenvalue weighted by molar-refractivity contribution is 9.10. The van der Waals surface area contributed by atoms with E-state index in [-0.39, 0.29) is 17.6 Å². The van der Waals surface area contributed by atoms with E-state index in [1.54, 1.807) is 6.20 Å². The maximum Gasteiger partial charge on any atom is 0.407 e. The Hall–Kier alpha value is -2.95. The highest BCUT2D eigenvalue weighted by Crippen LogP contribution is 2.27. The number of rotatable bonds is 4. The minimum Gasteiger partial charge on any atom is -0.444 e. The van der Waals surface area contributed by atoms with Crippen molar-refractivity contribution in [1.82, 2.24) is 20.3 Å². The minimum atomic E-state index is -0.532. The molecule has 0 atom stereocenters. The largest absolute Gasteiger partial charge is 0.444 e. The predicted octanol–water partition coefficient (Wildman–Crippen LogP) is 2.96. The lowest BCUT2D eigenvalue weighted by Crippen LogP contribution is -2.46. The van der Waals surface area contributed by atoms with E-state index in [1.165, 1.54) is 6.20 Å². The predicted molar refractivity (Wildman–Crippen MR) is 121 cm³/mol. The van der Waals surface area contributed by atoms with Crippen molar-refractivity contribution in [2.45, 2.75) is 45.3 Å². The van der Waals surface area contributed by atoms with Crippen LogP contribution >= 0.6 is 15.9 Å². The molecule has 11 heteroatoms. The quantitative estimate of drug-likeness (QED) is 0.593. The number of hydrogen-bond donors (Lipinski definition) is 3. The third kappa shape index (κ3) is 6.27. The molecule has 3 rings (SSSR count). The molecule has 0 spiro atoms. The number of nitrogens with two attached hydrogens (primary N) is 1. The van der Waals surface area contributed by atoms with E-state index in [4.69, 9.17) is 10.5 Å². The van der Waals surface area contributed by atoms with Gasteiger partial charge in [0.25, 0.3) is 5.91 Å². The molecule has 0 aromatic carbocycles. The van der Waals surface area contributed by atoms with Crippen molar-refractivity contribution in [2.24, 2.45) is 0 Å². The van der Waals surface area contributed by atoms with Crippen LogP contribution in [0, 0.1) is 0 Å². The standard InChI is InChI=1S/C20H26BrN7O3/c1-20(2,3)31-19(30)25-12-6-9-28(10-7-12)13-5-4-8-23-17(13)27-18(29)15-16(22)24-11-14(21)26-15/h4-5,8,11-12H,6-7,9-10H2,1-3H3,(H2,22,24)(H,25,30)(H,23,27,29). The second kappa shape index (κ2) is 9.46. The summed E-state index contributed by atoms with van der Waals surface area (Å²) in [6, 6.07) is 3.72. The Labute approximate surface area is 189 Å². The van der Waals surface area contributed by atoms with E-state index in [0.29, 0.717) is 23.5 Å². The molecule has 0 saturated carbocycles. The van der Waals surface area contributed by atoms with Gasteiger partial charge < -0.3 is 26.0 Å². The summed E-state index contributed by atoms with van der Waals surface area (Å²) >= 11 is 3.19. The molecule has 1 fully saturated rings. The highest BCUT2D eigenvalue weighted by Gasteiger charge is 2.25. The highest BCUT2D eigenvalue weighted by atomic mass is 79.9. The van der Waals surface area contributed by atoms with Gasteiger partial charge in [-0.2, -0.15) is 0 Å². The number of nitrogens with zero attached hydrogens (tertiary/aromatic N) is 4. The molecule has 0 unspecified atom stereocenters. The fraction of sp³-hybridized carbons (Fsp3) is 0.450. The van der Waals surface area contributed by atoms with E-state index < -0.39 is 17.6 Å². The van der Waals surface area contributed by atoms with Crippen LogP contribution < -0.4 is 21.3 Å². The summed E-state index contributed by atoms with van der Waals surface area (Å²) in [5, 5.41) is 5.70. The van der Waals surface area contributed by atoms with Crippen molar-refractivity contribution in [3.05, 3.63) is 34.8 Å². The number of nitrogens with one attached hydrogen (secondary N) is 2. The molecule has 1 aliphatic heterocycles. The van der Waals surface area contributed by atoms with Gasteiger partial charge in [0.15, 0.2) is 17.3 Å². The number of nitrogen functional groups attached to an aromatic ring is 1. The van der Waals surface area contributed by atoms with Gasteiger partial charge in [-0.05, 0) is 61.7 Å². The zero-order chi connectivity index (χ0) is 22.6. The number of pyridine rings is 1. The lowest BCUT2D eigenvalue weighted by molar-refractivity contribution is 0.0497. The van der Waals surface area contributed by atoms with Crippen molar-refractivity contribution in [3.8, 4) is 0 Å². The van der Waals surface area contributed by atoms with Crippen molar-refractivity contribution >= 4 is 45.3 Å². The van der Waals surface area contributed by atoms with Crippen LogP contribution in [0.2, 0.25) is 0 Å². The van der Waals surface area contributed by atoms with Gasteiger partial charge in [0.05, 0.1) is 11.9 Å². The monoisotopic (exact) mass is 491 g/mol. The molecule has 2 aromatic rings. The molecule has 0 aliphatic carbocycles. The third-order valence-corrected chi connectivity index (χ3v) is 4.94. The van der Waals surface area contributed by atoms with Crippen molar-refractivity contribution in [1.29, 1.82) is 0 Å². The Kier molecular flexibility index (Phi) is 6.94. The summed E-state index contributed by atoms with van der Waals surface area (Å²) in [6.07, 6.45) is 4.10. The zero-order valence-electron chi connectivity index (χ0n) is 17.7. The number of carbonyl (C=O) groups is 2. The van der Waals surface area contributed by atoms with Gasteiger partial charge in [0.2, 0.25) is 0 Å². The number of hydrogen-bond acceptors (Lipinski definition) is 8. The second-order valence-electron chi connectivity index (χ2n) is 8.16. The number of carbonyl (C=O) groups excluding carboxylic acids is 2. The summed E-state index contributed by atoms with van der Waals surface area (Å²) in [5.41, 5.74) is 6.06. The summed E-state index contributed by atoms with van der Waals surface area (Å²) in [6.45, 7) is 6.88. The zero-order valence-corrected chi connectivity index (χ0v) is 19.3. The molecule has 1 saturated heterocycles. The first-order chi connectivity index (χ1) is 14.6. The Morgan fingerprint density at radius 3 is 2.65 bits per heavy atom. The number of aromatic nitrogens is 3. The molecule has 0 bridgehead atoms. The maximum atomic E-state index is 12.7.